The van der Waals surface area contributed by atoms with E-state index in [-0.39, 0.29) is 37.4 Å². The summed E-state index contributed by atoms with van der Waals surface area (Å²) in [5.41, 5.74) is 3.67. The second-order valence-electron chi connectivity index (χ2n) is 9.90. The van der Waals surface area contributed by atoms with Gasteiger partial charge in [-0.1, -0.05) is 89.9 Å². The highest BCUT2D eigenvalue weighted by Gasteiger charge is 2.19. The van der Waals surface area contributed by atoms with Crippen molar-refractivity contribution >= 4 is 64.4 Å². The van der Waals surface area contributed by atoms with E-state index in [2.05, 4.69) is 30.9 Å². The van der Waals surface area contributed by atoms with E-state index in [1.807, 2.05) is 54.6 Å². The van der Waals surface area contributed by atoms with Gasteiger partial charge in [-0.3, -0.25) is 10.1 Å². The van der Waals surface area contributed by atoms with Crippen molar-refractivity contribution in [3.05, 3.63) is 113 Å². The number of carbonyl (C=O) groups excluding carboxylic acids is 1. The third-order valence-corrected chi connectivity index (χ3v) is 7.30. The molecule has 0 radical (unpaired) electrons. The molecule has 234 valence electrons. The number of methoxy groups -OCH3 is 1. The lowest BCUT2D eigenvalue weighted by Crippen LogP contribution is -2.29. The maximum atomic E-state index is 13.1. The third-order valence-electron chi connectivity index (χ3n) is 6.72. The third kappa shape index (κ3) is 8.40. The first-order chi connectivity index (χ1) is 22.3. The fourth-order valence-corrected chi connectivity index (χ4v) is 5.01. The minimum atomic E-state index is -1.01. The topological polar surface area (TPSA) is 142 Å². The first kappa shape index (κ1) is 32.0. The van der Waals surface area contributed by atoms with Crippen LogP contribution in [0.4, 0.5) is 34.0 Å². The van der Waals surface area contributed by atoms with Gasteiger partial charge in [0.25, 0.3) is 0 Å². The summed E-state index contributed by atoms with van der Waals surface area (Å²) >= 11 is 12.6. The standard InChI is InChI=1S/C33H29Cl2N7O4/c1-46-28-14-8-7-13-27(28)37-33(45)41-31-38-30(36-26-12-6-5-11-24(26)21-9-3-2-4-10-21)39-32(40-31)42(18-17-29(43)44)20-22-15-16-23(34)19-25(22)35/h2-16,19H,17-18,20H2,1H3,(H,43,44)(H3,36,37,38,39,40,41,45). The summed E-state index contributed by atoms with van der Waals surface area (Å²) in [5.74, 6) is -0.405. The van der Waals surface area contributed by atoms with Crippen LogP contribution in [0.2, 0.25) is 10.0 Å². The van der Waals surface area contributed by atoms with Crippen LogP contribution in [0.1, 0.15) is 12.0 Å². The van der Waals surface area contributed by atoms with E-state index in [1.54, 1.807) is 47.4 Å². The lowest BCUT2D eigenvalue weighted by Gasteiger charge is -2.24. The van der Waals surface area contributed by atoms with E-state index in [4.69, 9.17) is 27.9 Å². The number of amides is 2. The fourth-order valence-electron chi connectivity index (χ4n) is 4.54. The first-order valence-corrected chi connectivity index (χ1v) is 14.8. The van der Waals surface area contributed by atoms with Gasteiger partial charge in [0.15, 0.2) is 0 Å². The van der Waals surface area contributed by atoms with Gasteiger partial charge >= 0.3 is 12.0 Å². The largest absolute Gasteiger partial charge is 0.495 e. The van der Waals surface area contributed by atoms with Crippen LogP contribution < -0.4 is 25.6 Å². The molecule has 0 saturated heterocycles. The van der Waals surface area contributed by atoms with Crippen molar-refractivity contribution in [3.63, 3.8) is 0 Å². The molecule has 0 bridgehead atoms. The summed E-state index contributed by atoms with van der Waals surface area (Å²) in [6.45, 7) is 0.186. The number of rotatable bonds is 12. The molecule has 4 N–H and O–H groups in total. The molecule has 5 aromatic rings. The average molecular weight is 659 g/mol. The first-order valence-electron chi connectivity index (χ1n) is 14.1. The number of carboxylic acids is 1. The molecule has 13 heteroatoms. The Morgan fingerprint density at radius 1 is 0.826 bits per heavy atom. The Bertz CT molecular complexity index is 1840. The van der Waals surface area contributed by atoms with Gasteiger partial charge in [-0.2, -0.15) is 15.0 Å². The van der Waals surface area contributed by atoms with Crippen molar-refractivity contribution in [2.24, 2.45) is 0 Å². The molecule has 1 heterocycles. The zero-order valence-electron chi connectivity index (χ0n) is 24.6. The molecule has 1 aromatic heterocycles. The molecule has 0 spiro atoms. The van der Waals surface area contributed by atoms with Gasteiger partial charge in [0.2, 0.25) is 17.8 Å². The van der Waals surface area contributed by atoms with Crippen LogP contribution in [0.15, 0.2) is 97.1 Å². The molecule has 0 unspecified atom stereocenters. The summed E-state index contributed by atoms with van der Waals surface area (Å²) in [4.78, 5) is 40.0. The molecule has 46 heavy (non-hydrogen) atoms. The number of hydrogen-bond donors (Lipinski definition) is 4. The van der Waals surface area contributed by atoms with Crippen LogP contribution in [0.25, 0.3) is 11.1 Å². The Balaban J connectivity index is 1.53. The Morgan fingerprint density at radius 2 is 1.52 bits per heavy atom. The summed E-state index contributed by atoms with van der Waals surface area (Å²) in [7, 11) is 1.50. The monoisotopic (exact) mass is 657 g/mol. The molecule has 0 aliphatic rings. The van der Waals surface area contributed by atoms with E-state index in [0.717, 1.165) is 11.1 Å². The summed E-state index contributed by atoms with van der Waals surface area (Å²) < 4.78 is 5.33. The molecule has 11 nitrogen and oxygen atoms in total. The number of hydrogen-bond acceptors (Lipinski definition) is 8. The fraction of sp³-hybridized carbons (Fsp3) is 0.121. The smallest absolute Gasteiger partial charge is 0.326 e. The lowest BCUT2D eigenvalue weighted by molar-refractivity contribution is -0.136. The predicted molar refractivity (Wildman–Crippen MR) is 180 cm³/mol. The molecule has 0 atom stereocenters. The van der Waals surface area contributed by atoms with Crippen LogP contribution in [-0.2, 0) is 11.3 Å². The number of anilines is 5. The highest BCUT2D eigenvalue weighted by Crippen LogP contribution is 2.31. The second kappa shape index (κ2) is 15.1. The number of nitrogens with zero attached hydrogens (tertiary/aromatic N) is 4. The minimum Gasteiger partial charge on any atom is -0.495 e. The number of para-hydroxylation sites is 3. The summed E-state index contributed by atoms with van der Waals surface area (Å²) in [6.07, 6.45) is -0.215. The van der Waals surface area contributed by atoms with Crippen LogP contribution in [0.3, 0.4) is 0 Å². The average Bonchev–Trinajstić information content (AvgIpc) is 3.04. The maximum Gasteiger partial charge on any atom is 0.326 e. The Hall–Kier alpha value is -5.39. The zero-order chi connectivity index (χ0) is 32.5. The van der Waals surface area contributed by atoms with E-state index < -0.39 is 12.0 Å². The van der Waals surface area contributed by atoms with Gasteiger partial charge in [-0.15, -0.1) is 0 Å². The number of ether oxygens (including phenoxy) is 1. The lowest BCUT2D eigenvalue weighted by atomic mass is 10.0. The van der Waals surface area contributed by atoms with Gasteiger partial charge in [0.1, 0.15) is 5.75 Å². The highest BCUT2D eigenvalue weighted by molar-refractivity contribution is 6.35. The SMILES string of the molecule is COc1ccccc1NC(=O)Nc1nc(Nc2ccccc2-c2ccccc2)nc(N(CCC(=O)O)Cc2ccc(Cl)cc2Cl)n1. The van der Waals surface area contributed by atoms with Crippen molar-refractivity contribution in [2.75, 3.05) is 34.5 Å². The van der Waals surface area contributed by atoms with Gasteiger partial charge in [-0.05, 0) is 41.5 Å². The number of carbonyl (C=O) groups is 2. The van der Waals surface area contributed by atoms with Crippen LogP contribution in [0.5, 0.6) is 5.75 Å². The maximum absolute atomic E-state index is 13.1. The Labute approximate surface area is 275 Å². The molecule has 2 amide bonds. The van der Waals surface area contributed by atoms with E-state index >= 15 is 0 Å². The van der Waals surface area contributed by atoms with Crippen LogP contribution in [-0.4, -0.2) is 45.7 Å². The van der Waals surface area contributed by atoms with E-state index in [0.29, 0.717) is 32.7 Å². The molecule has 0 saturated carbocycles. The number of aliphatic carboxylic acids is 1. The molecule has 0 aliphatic heterocycles. The quantitative estimate of drug-likeness (QED) is 0.106. The highest BCUT2D eigenvalue weighted by atomic mass is 35.5. The number of urea groups is 1. The number of aromatic nitrogens is 3. The number of carboxylic acid groups (broad SMARTS) is 1. The molecule has 4 aromatic carbocycles. The van der Waals surface area contributed by atoms with Crippen molar-refractivity contribution in [3.8, 4) is 16.9 Å². The van der Waals surface area contributed by atoms with Gasteiger partial charge in [0, 0.05) is 34.4 Å². The van der Waals surface area contributed by atoms with E-state index in [1.165, 1.54) is 7.11 Å². The molecule has 0 aliphatic carbocycles. The van der Waals surface area contributed by atoms with Crippen molar-refractivity contribution in [2.45, 2.75) is 13.0 Å². The van der Waals surface area contributed by atoms with Gasteiger partial charge < -0.3 is 25.4 Å². The van der Waals surface area contributed by atoms with Gasteiger partial charge in [0.05, 0.1) is 19.2 Å². The van der Waals surface area contributed by atoms with Crippen molar-refractivity contribution in [1.29, 1.82) is 0 Å². The second-order valence-corrected chi connectivity index (χ2v) is 10.7. The van der Waals surface area contributed by atoms with Crippen LogP contribution >= 0.6 is 23.2 Å². The van der Waals surface area contributed by atoms with Crippen molar-refractivity contribution < 1.29 is 19.4 Å². The zero-order valence-corrected chi connectivity index (χ0v) is 26.1. The number of nitrogens with one attached hydrogen (secondary N) is 3. The number of benzene rings is 4. The summed E-state index contributed by atoms with van der Waals surface area (Å²) in [6, 6.07) is 28.8. The molecule has 0 fully saturated rings. The Morgan fingerprint density at radius 3 is 2.26 bits per heavy atom. The normalized spacial score (nSPS) is 10.6. The number of halogens is 2. The Kier molecular flexibility index (Phi) is 10.5. The molecular weight excluding hydrogens is 629 g/mol. The molecule has 5 rings (SSSR count). The van der Waals surface area contributed by atoms with Crippen molar-refractivity contribution in [1.82, 2.24) is 15.0 Å². The van der Waals surface area contributed by atoms with E-state index in [9.17, 15) is 14.7 Å². The molecular formula is C33H29Cl2N7O4. The minimum absolute atomic E-state index is 0.0329. The van der Waals surface area contributed by atoms with Gasteiger partial charge in [-0.25, -0.2) is 4.79 Å². The predicted octanol–water partition coefficient (Wildman–Crippen LogP) is 7.72. The summed E-state index contributed by atoms with van der Waals surface area (Å²) in [5, 5.41) is 19.0. The van der Waals surface area contributed by atoms with Crippen LogP contribution in [0, 0.1) is 0 Å².